The predicted octanol–water partition coefficient (Wildman–Crippen LogP) is 3.08. The summed E-state index contributed by atoms with van der Waals surface area (Å²) < 4.78 is 0. The zero-order valence-corrected chi connectivity index (χ0v) is 7.14. The van der Waals surface area contributed by atoms with E-state index in [4.69, 9.17) is 0 Å². The van der Waals surface area contributed by atoms with Crippen molar-refractivity contribution in [3.8, 4) is 0 Å². The second-order valence-electron chi connectivity index (χ2n) is 4.32. The molecule has 4 unspecified atom stereocenters. The molecule has 10 heavy (non-hydrogen) atoms. The number of hydrogen-bond acceptors (Lipinski definition) is 0. The molecule has 2 fully saturated rings. The van der Waals surface area contributed by atoms with E-state index in [2.05, 4.69) is 13.8 Å². The van der Waals surface area contributed by atoms with Gasteiger partial charge < -0.3 is 0 Å². The Balaban J connectivity index is 1.91. The minimum Gasteiger partial charge on any atom is -0.0651 e. The Morgan fingerprint density at radius 2 is 2.00 bits per heavy atom. The van der Waals surface area contributed by atoms with E-state index in [9.17, 15) is 0 Å². The number of hydrogen-bond donors (Lipinski definition) is 0. The van der Waals surface area contributed by atoms with Gasteiger partial charge in [0.1, 0.15) is 0 Å². The fourth-order valence-electron chi connectivity index (χ4n) is 2.97. The van der Waals surface area contributed by atoms with Crippen molar-refractivity contribution >= 4 is 0 Å². The van der Waals surface area contributed by atoms with E-state index in [-0.39, 0.29) is 0 Å². The van der Waals surface area contributed by atoms with Crippen molar-refractivity contribution in [2.24, 2.45) is 23.7 Å². The Kier molecular flexibility index (Phi) is 1.51. The Morgan fingerprint density at radius 3 is 2.60 bits per heavy atom. The van der Waals surface area contributed by atoms with Gasteiger partial charge in [-0.3, -0.25) is 0 Å². The van der Waals surface area contributed by atoms with Crippen LogP contribution in [0.5, 0.6) is 0 Å². The van der Waals surface area contributed by atoms with E-state index in [0.29, 0.717) is 0 Å². The van der Waals surface area contributed by atoms with Gasteiger partial charge in [0.2, 0.25) is 0 Å². The van der Waals surface area contributed by atoms with Crippen LogP contribution in [0, 0.1) is 23.7 Å². The first-order valence-electron chi connectivity index (χ1n) is 4.83. The summed E-state index contributed by atoms with van der Waals surface area (Å²) in [4.78, 5) is 0. The van der Waals surface area contributed by atoms with E-state index >= 15 is 0 Å². The second kappa shape index (κ2) is 2.25. The van der Waals surface area contributed by atoms with Crippen LogP contribution in [-0.2, 0) is 0 Å². The van der Waals surface area contributed by atoms with Gasteiger partial charge in [0.15, 0.2) is 0 Å². The minimum atomic E-state index is 1.04. The standard InChI is InChI=1S/C10H18/c1-3-8-9-5-4-7(2)6-10(8)9/h7-10H,3-6H2,1-2H3. The highest BCUT2D eigenvalue weighted by Crippen LogP contribution is 2.58. The summed E-state index contributed by atoms with van der Waals surface area (Å²) >= 11 is 0. The van der Waals surface area contributed by atoms with Crippen LogP contribution < -0.4 is 0 Å². The highest BCUT2D eigenvalue weighted by Gasteiger charge is 2.50. The maximum absolute atomic E-state index is 2.42. The summed E-state index contributed by atoms with van der Waals surface area (Å²) in [5, 5.41) is 0. The van der Waals surface area contributed by atoms with Crippen LogP contribution in [0.1, 0.15) is 39.5 Å². The minimum absolute atomic E-state index is 1.04. The van der Waals surface area contributed by atoms with Crippen molar-refractivity contribution in [2.75, 3.05) is 0 Å². The molecule has 0 heterocycles. The zero-order valence-electron chi connectivity index (χ0n) is 7.14. The van der Waals surface area contributed by atoms with Gasteiger partial charge >= 0.3 is 0 Å². The third-order valence-electron chi connectivity index (χ3n) is 3.65. The van der Waals surface area contributed by atoms with E-state index in [1.54, 1.807) is 12.8 Å². The summed E-state index contributed by atoms with van der Waals surface area (Å²) in [6, 6.07) is 0. The molecule has 4 atom stereocenters. The fourth-order valence-corrected chi connectivity index (χ4v) is 2.97. The molecule has 0 nitrogen and oxygen atoms in total. The predicted molar refractivity (Wildman–Crippen MR) is 43.8 cm³/mol. The lowest BCUT2D eigenvalue weighted by atomic mass is 9.91. The Labute approximate surface area is 64.0 Å². The molecule has 0 N–H and O–H groups in total. The van der Waals surface area contributed by atoms with Crippen molar-refractivity contribution in [3.63, 3.8) is 0 Å². The average molecular weight is 138 g/mol. The molecule has 2 rings (SSSR count). The quantitative estimate of drug-likeness (QED) is 0.522. The first kappa shape index (κ1) is 6.69. The maximum Gasteiger partial charge on any atom is -0.0349 e. The van der Waals surface area contributed by atoms with E-state index in [0.717, 1.165) is 17.8 Å². The molecule has 0 saturated heterocycles. The van der Waals surface area contributed by atoms with Crippen molar-refractivity contribution in [1.29, 1.82) is 0 Å². The van der Waals surface area contributed by atoms with Crippen LogP contribution in [0.15, 0.2) is 0 Å². The summed E-state index contributed by atoms with van der Waals surface area (Å²) in [5.41, 5.74) is 0. The Morgan fingerprint density at radius 1 is 1.20 bits per heavy atom. The molecule has 0 aromatic rings. The van der Waals surface area contributed by atoms with Gasteiger partial charge in [0.05, 0.1) is 0 Å². The van der Waals surface area contributed by atoms with Gasteiger partial charge in [0.25, 0.3) is 0 Å². The molecule has 58 valence electrons. The normalized spacial score (nSPS) is 52.2. The molecule has 0 aromatic carbocycles. The smallest absolute Gasteiger partial charge is 0.0349 e. The van der Waals surface area contributed by atoms with Gasteiger partial charge in [0, 0.05) is 0 Å². The lowest BCUT2D eigenvalue weighted by Gasteiger charge is -2.15. The Bertz CT molecular complexity index is 124. The molecule has 0 spiro atoms. The zero-order chi connectivity index (χ0) is 7.14. The first-order valence-corrected chi connectivity index (χ1v) is 4.83. The molecule has 2 aliphatic rings. The SMILES string of the molecule is CCC1C2CCC(C)CC12. The third-order valence-corrected chi connectivity index (χ3v) is 3.65. The van der Waals surface area contributed by atoms with Gasteiger partial charge in [-0.25, -0.2) is 0 Å². The van der Waals surface area contributed by atoms with Gasteiger partial charge in [-0.1, -0.05) is 26.7 Å². The third kappa shape index (κ3) is 0.889. The Hall–Kier alpha value is 0. The van der Waals surface area contributed by atoms with Crippen LogP contribution in [-0.4, -0.2) is 0 Å². The molecule has 0 amide bonds. The molecule has 0 aliphatic heterocycles. The molecule has 2 aliphatic carbocycles. The summed E-state index contributed by atoms with van der Waals surface area (Å²) in [7, 11) is 0. The lowest BCUT2D eigenvalue weighted by Crippen LogP contribution is -2.03. The molecular weight excluding hydrogens is 120 g/mol. The average Bonchev–Trinajstić information content (AvgIpc) is 2.60. The summed E-state index contributed by atoms with van der Waals surface area (Å²) in [6.07, 6.45) is 6.05. The van der Waals surface area contributed by atoms with Gasteiger partial charge in [-0.2, -0.15) is 0 Å². The van der Waals surface area contributed by atoms with Crippen molar-refractivity contribution in [3.05, 3.63) is 0 Å². The summed E-state index contributed by atoms with van der Waals surface area (Å²) in [6.45, 7) is 4.77. The highest BCUT2D eigenvalue weighted by atomic mass is 14.5. The van der Waals surface area contributed by atoms with Crippen molar-refractivity contribution in [2.45, 2.75) is 39.5 Å². The largest absolute Gasteiger partial charge is 0.0651 e. The van der Waals surface area contributed by atoms with E-state index in [1.165, 1.54) is 18.8 Å². The maximum atomic E-state index is 2.42. The molecule has 0 aromatic heterocycles. The van der Waals surface area contributed by atoms with Crippen LogP contribution >= 0.6 is 0 Å². The van der Waals surface area contributed by atoms with Crippen LogP contribution in [0.25, 0.3) is 0 Å². The van der Waals surface area contributed by atoms with Gasteiger partial charge in [-0.05, 0) is 36.5 Å². The topological polar surface area (TPSA) is 0 Å². The lowest BCUT2D eigenvalue weighted by molar-refractivity contribution is 0.368. The first-order chi connectivity index (χ1) is 4.83. The highest BCUT2D eigenvalue weighted by molar-refractivity contribution is 4.99. The molecule has 2 saturated carbocycles. The second-order valence-corrected chi connectivity index (χ2v) is 4.32. The van der Waals surface area contributed by atoms with Crippen molar-refractivity contribution in [1.82, 2.24) is 0 Å². The molecule has 0 radical (unpaired) electrons. The molecule has 0 heteroatoms. The van der Waals surface area contributed by atoms with Crippen LogP contribution in [0.3, 0.4) is 0 Å². The number of rotatable bonds is 1. The summed E-state index contributed by atoms with van der Waals surface area (Å²) in [5.74, 6) is 4.51. The van der Waals surface area contributed by atoms with E-state index < -0.39 is 0 Å². The fraction of sp³-hybridized carbons (Fsp3) is 1.00. The van der Waals surface area contributed by atoms with E-state index in [1.807, 2.05) is 0 Å². The van der Waals surface area contributed by atoms with Crippen LogP contribution in [0.4, 0.5) is 0 Å². The number of fused-ring (bicyclic) bond motifs is 1. The van der Waals surface area contributed by atoms with Crippen LogP contribution in [0.2, 0.25) is 0 Å². The molecule has 0 bridgehead atoms. The monoisotopic (exact) mass is 138 g/mol. The van der Waals surface area contributed by atoms with Gasteiger partial charge in [-0.15, -0.1) is 0 Å². The molecular formula is C10H18. The van der Waals surface area contributed by atoms with Crippen molar-refractivity contribution < 1.29 is 0 Å².